The van der Waals surface area contributed by atoms with Crippen molar-refractivity contribution in [2.24, 2.45) is 11.8 Å². The Morgan fingerprint density at radius 2 is 1.87 bits per heavy atom. The minimum Gasteiger partial charge on any atom is -0.259 e. The molecule has 0 radical (unpaired) electrons. The molecule has 4 rings (SSSR count). The summed E-state index contributed by atoms with van der Waals surface area (Å²) in [6.07, 6.45) is 4.22. The van der Waals surface area contributed by atoms with Gasteiger partial charge in [0, 0.05) is 23.9 Å². The second-order valence-corrected chi connectivity index (χ2v) is 8.24. The zero-order valence-corrected chi connectivity index (χ0v) is 14.1. The normalized spacial score (nSPS) is 30.3. The Morgan fingerprint density at radius 1 is 1.26 bits per heavy atom. The molecule has 3 fully saturated rings. The lowest BCUT2D eigenvalue weighted by Gasteiger charge is -2.50. The zero-order valence-electron chi connectivity index (χ0n) is 12.5. The van der Waals surface area contributed by atoms with E-state index < -0.39 is 20.6 Å². The number of hydrogen-bond acceptors (Lipinski definition) is 5. The van der Waals surface area contributed by atoms with Gasteiger partial charge in [-0.15, -0.1) is 11.6 Å². The van der Waals surface area contributed by atoms with Gasteiger partial charge in [-0.2, -0.15) is 8.42 Å². The molecule has 0 saturated heterocycles. The molecule has 0 N–H and O–H groups in total. The predicted octanol–water partition coefficient (Wildman–Crippen LogP) is 3.49. The number of hydrogen-bond donors (Lipinski definition) is 0. The molecule has 1 unspecified atom stereocenters. The highest BCUT2D eigenvalue weighted by Gasteiger charge is 2.51. The highest BCUT2D eigenvalue weighted by atomic mass is 35.5. The smallest absolute Gasteiger partial charge is 0.259 e. The minimum atomic E-state index is -3.97. The van der Waals surface area contributed by atoms with Gasteiger partial charge in [0.2, 0.25) is 0 Å². The van der Waals surface area contributed by atoms with Crippen molar-refractivity contribution in [3.05, 3.63) is 34.4 Å². The first-order chi connectivity index (χ1) is 10.9. The summed E-state index contributed by atoms with van der Waals surface area (Å²) in [6, 6.07) is 4.78. The van der Waals surface area contributed by atoms with Crippen molar-refractivity contribution in [1.29, 1.82) is 0 Å². The van der Waals surface area contributed by atoms with E-state index in [9.17, 15) is 18.5 Å². The number of nitro groups is 1. The highest BCUT2D eigenvalue weighted by Crippen LogP contribution is 2.51. The first kappa shape index (κ1) is 16.7. The van der Waals surface area contributed by atoms with E-state index in [0.717, 1.165) is 19.3 Å². The van der Waals surface area contributed by atoms with Crippen molar-refractivity contribution in [1.82, 2.24) is 0 Å². The van der Waals surface area contributed by atoms with E-state index in [-0.39, 0.29) is 16.5 Å². The van der Waals surface area contributed by atoms with Gasteiger partial charge >= 0.3 is 0 Å². The van der Waals surface area contributed by atoms with Crippen LogP contribution in [0.5, 0.6) is 0 Å². The van der Waals surface area contributed by atoms with Gasteiger partial charge in [0.05, 0.1) is 15.4 Å². The number of nitro benzene ring substituents is 1. The quantitative estimate of drug-likeness (QED) is 0.347. The third-order valence-corrected chi connectivity index (χ3v) is 6.88. The maximum atomic E-state index is 12.6. The highest BCUT2D eigenvalue weighted by molar-refractivity contribution is 7.86. The first-order valence-corrected chi connectivity index (χ1v) is 9.57. The molecule has 3 aliphatic rings. The minimum absolute atomic E-state index is 0.0319. The molecular weight excluding hydrogens is 342 g/mol. The third-order valence-electron chi connectivity index (χ3n) is 5.11. The molecule has 6 nitrogen and oxygen atoms in total. The molecule has 3 saturated carbocycles. The first-order valence-electron chi connectivity index (χ1n) is 7.62. The Kier molecular flexibility index (Phi) is 4.37. The maximum absolute atomic E-state index is 12.6. The van der Waals surface area contributed by atoms with Crippen LogP contribution in [0.25, 0.3) is 0 Å². The molecule has 0 heterocycles. The van der Waals surface area contributed by atoms with E-state index in [1.807, 2.05) is 0 Å². The van der Waals surface area contributed by atoms with E-state index in [1.54, 1.807) is 0 Å². The molecule has 0 amide bonds. The fraction of sp³-hybridized carbons (Fsp3) is 0.600. The summed E-state index contributed by atoms with van der Waals surface area (Å²) in [5.41, 5.74) is -0.879. The summed E-state index contributed by atoms with van der Waals surface area (Å²) in [5.74, 6) is 1.03. The molecular formula is C15H18ClNO5S. The summed E-state index contributed by atoms with van der Waals surface area (Å²) in [7, 11) is -3.97. The van der Waals surface area contributed by atoms with Gasteiger partial charge in [-0.3, -0.25) is 14.3 Å². The lowest BCUT2D eigenvalue weighted by atomic mass is 9.62. The van der Waals surface area contributed by atoms with Crippen LogP contribution in [0, 0.1) is 22.0 Å². The van der Waals surface area contributed by atoms with Crippen LogP contribution < -0.4 is 0 Å². The second kappa shape index (κ2) is 6.03. The summed E-state index contributed by atoms with van der Waals surface area (Å²) in [6.45, 7) is 0. The van der Waals surface area contributed by atoms with Crippen LogP contribution in [0.1, 0.15) is 32.1 Å². The van der Waals surface area contributed by atoms with Crippen LogP contribution in [0.4, 0.5) is 5.69 Å². The summed E-state index contributed by atoms with van der Waals surface area (Å²) < 4.78 is 30.8. The van der Waals surface area contributed by atoms with Gasteiger partial charge in [0.15, 0.2) is 0 Å². The van der Waals surface area contributed by atoms with Gasteiger partial charge < -0.3 is 0 Å². The molecule has 0 aromatic heterocycles. The third kappa shape index (κ3) is 3.09. The van der Waals surface area contributed by atoms with Crippen LogP contribution in [0.3, 0.4) is 0 Å². The van der Waals surface area contributed by atoms with Crippen molar-refractivity contribution in [2.75, 3.05) is 5.88 Å². The van der Waals surface area contributed by atoms with E-state index >= 15 is 0 Å². The number of halogens is 1. The van der Waals surface area contributed by atoms with Crippen molar-refractivity contribution in [3.63, 3.8) is 0 Å². The summed E-state index contributed by atoms with van der Waals surface area (Å²) in [4.78, 5) is 10.0. The number of fused-ring (bicyclic) bond motifs is 3. The van der Waals surface area contributed by atoms with Crippen molar-refractivity contribution in [3.8, 4) is 0 Å². The van der Waals surface area contributed by atoms with Crippen molar-refractivity contribution >= 4 is 27.4 Å². The predicted molar refractivity (Wildman–Crippen MR) is 84.9 cm³/mol. The Balaban J connectivity index is 1.86. The summed E-state index contributed by atoms with van der Waals surface area (Å²) in [5, 5.41) is 10.7. The van der Waals surface area contributed by atoms with Gasteiger partial charge in [0.25, 0.3) is 15.8 Å². The van der Waals surface area contributed by atoms with E-state index in [4.69, 9.17) is 15.8 Å². The number of non-ortho nitro benzene ring substituents is 1. The van der Waals surface area contributed by atoms with E-state index in [0.29, 0.717) is 24.6 Å². The molecule has 126 valence electrons. The molecule has 23 heavy (non-hydrogen) atoms. The van der Waals surface area contributed by atoms with Gasteiger partial charge in [-0.05, 0) is 50.2 Å². The molecule has 1 atom stereocenters. The number of benzene rings is 1. The maximum Gasteiger partial charge on any atom is 0.297 e. The molecule has 0 aliphatic heterocycles. The largest absolute Gasteiger partial charge is 0.297 e. The Labute approximate surface area is 140 Å². The van der Waals surface area contributed by atoms with Crippen LogP contribution in [-0.2, 0) is 14.3 Å². The average molecular weight is 360 g/mol. The zero-order chi connectivity index (χ0) is 16.7. The number of rotatable bonds is 5. The van der Waals surface area contributed by atoms with Gasteiger partial charge in [-0.1, -0.05) is 0 Å². The molecule has 3 aliphatic carbocycles. The molecule has 1 aromatic carbocycles. The lowest BCUT2D eigenvalue weighted by Crippen LogP contribution is -2.51. The molecule has 8 heteroatoms. The van der Waals surface area contributed by atoms with Gasteiger partial charge in [0.1, 0.15) is 0 Å². The Morgan fingerprint density at radius 3 is 2.39 bits per heavy atom. The fourth-order valence-corrected chi connectivity index (χ4v) is 5.50. The van der Waals surface area contributed by atoms with Crippen LogP contribution >= 0.6 is 11.6 Å². The second-order valence-electron chi connectivity index (χ2n) is 6.38. The van der Waals surface area contributed by atoms with E-state index in [1.165, 1.54) is 24.3 Å². The fourth-order valence-electron chi connectivity index (χ4n) is 3.78. The molecule has 1 aromatic rings. The summed E-state index contributed by atoms with van der Waals surface area (Å²) >= 11 is 6.04. The Bertz CT molecular complexity index is 695. The van der Waals surface area contributed by atoms with Crippen LogP contribution in [-0.4, -0.2) is 24.8 Å². The standard InChI is InChI=1S/C15H18ClNO5S/c16-10-12-9-11-5-7-15(12,8-6-11)22-23(20,21)14-3-1-13(2-4-14)17(18)19/h1-4,11-12H,5-10H2. The number of alkyl halides is 1. The molecule has 2 bridgehead atoms. The van der Waals surface area contributed by atoms with Crippen molar-refractivity contribution < 1.29 is 17.5 Å². The Hall–Kier alpha value is -1.18. The van der Waals surface area contributed by atoms with Crippen molar-refractivity contribution in [2.45, 2.75) is 42.6 Å². The monoisotopic (exact) mass is 359 g/mol. The van der Waals surface area contributed by atoms with E-state index in [2.05, 4.69) is 0 Å². The molecule has 0 spiro atoms. The topological polar surface area (TPSA) is 86.5 Å². The average Bonchev–Trinajstić information content (AvgIpc) is 2.55. The van der Waals surface area contributed by atoms with Gasteiger partial charge in [-0.25, -0.2) is 0 Å². The lowest BCUT2D eigenvalue weighted by molar-refractivity contribution is -0.384. The number of nitrogens with zero attached hydrogens (tertiary/aromatic N) is 1. The van der Waals surface area contributed by atoms with Crippen LogP contribution in [0.15, 0.2) is 29.2 Å². The van der Waals surface area contributed by atoms with Crippen LogP contribution in [0.2, 0.25) is 0 Å². The SMILES string of the molecule is O=[N+]([O-])c1ccc(S(=O)(=O)OC23CCC(CC2)CC3CCl)cc1.